The van der Waals surface area contributed by atoms with Gasteiger partial charge in [-0.05, 0) is 50.3 Å². The third-order valence-corrected chi connectivity index (χ3v) is 6.73. The highest BCUT2D eigenvalue weighted by atomic mass is 32.1. The van der Waals surface area contributed by atoms with Gasteiger partial charge in [0.15, 0.2) is 0 Å². The molecule has 1 aliphatic heterocycles. The Morgan fingerprint density at radius 3 is 2.60 bits per heavy atom. The third-order valence-electron chi connectivity index (χ3n) is 5.53. The Hall–Kier alpha value is -3.00. The lowest BCUT2D eigenvalue weighted by Crippen LogP contribution is -2.39. The summed E-state index contributed by atoms with van der Waals surface area (Å²) in [7, 11) is 0. The van der Waals surface area contributed by atoms with Crippen molar-refractivity contribution in [1.82, 2.24) is 14.5 Å². The standard InChI is InChI=1S/C22H24N4O3S/c1-14-8-4-5-9-16(14)24-20(28)19-15(2)18-21(30-19)23-13-26(22(18)29)12-17(27)25-10-6-3-7-11-25/h4-5,8-9,13H,3,6-7,10-12H2,1-2H3,(H,24,28). The summed E-state index contributed by atoms with van der Waals surface area (Å²) in [4.78, 5) is 45.6. The Morgan fingerprint density at radius 1 is 1.13 bits per heavy atom. The van der Waals surface area contributed by atoms with Gasteiger partial charge in [-0.15, -0.1) is 11.3 Å². The molecule has 2 aromatic heterocycles. The number of benzene rings is 1. The molecule has 8 heteroatoms. The van der Waals surface area contributed by atoms with Gasteiger partial charge in [0, 0.05) is 18.8 Å². The highest BCUT2D eigenvalue weighted by Gasteiger charge is 2.22. The van der Waals surface area contributed by atoms with Crippen molar-refractivity contribution >= 4 is 39.1 Å². The molecule has 1 aliphatic rings. The number of hydrogen-bond donors (Lipinski definition) is 1. The maximum atomic E-state index is 13.0. The predicted octanol–water partition coefficient (Wildman–Crippen LogP) is 3.34. The Bertz CT molecular complexity index is 1170. The maximum Gasteiger partial charge on any atom is 0.266 e. The zero-order chi connectivity index (χ0) is 21.3. The van der Waals surface area contributed by atoms with E-state index >= 15 is 0 Å². The van der Waals surface area contributed by atoms with E-state index in [1.807, 2.05) is 36.1 Å². The average Bonchev–Trinajstić information content (AvgIpc) is 3.09. The van der Waals surface area contributed by atoms with E-state index in [1.165, 1.54) is 22.2 Å². The van der Waals surface area contributed by atoms with Crippen LogP contribution in [0.15, 0.2) is 35.4 Å². The van der Waals surface area contributed by atoms with Crippen LogP contribution in [-0.4, -0.2) is 39.4 Å². The number of fused-ring (bicyclic) bond motifs is 1. The first-order valence-corrected chi connectivity index (χ1v) is 10.9. The first kappa shape index (κ1) is 20.3. The van der Waals surface area contributed by atoms with Crippen LogP contribution in [0.1, 0.15) is 40.1 Å². The highest BCUT2D eigenvalue weighted by molar-refractivity contribution is 7.20. The number of rotatable bonds is 4. The molecule has 1 fully saturated rings. The Balaban J connectivity index is 1.61. The summed E-state index contributed by atoms with van der Waals surface area (Å²) in [6.07, 6.45) is 4.55. The molecule has 0 bridgehead atoms. The van der Waals surface area contributed by atoms with E-state index in [0.717, 1.165) is 43.6 Å². The minimum atomic E-state index is -0.283. The number of carbonyl (C=O) groups is 2. The summed E-state index contributed by atoms with van der Waals surface area (Å²) in [5, 5.41) is 3.32. The number of carbonyl (C=O) groups excluding carboxylic acids is 2. The van der Waals surface area contributed by atoms with Gasteiger partial charge in [-0.3, -0.25) is 19.0 Å². The fourth-order valence-corrected chi connectivity index (χ4v) is 4.80. The molecule has 7 nitrogen and oxygen atoms in total. The molecule has 0 aliphatic carbocycles. The van der Waals surface area contributed by atoms with Crippen LogP contribution in [0.5, 0.6) is 0 Å². The van der Waals surface area contributed by atoms with E-state index in [0.29, 0.717) is 20.7 Å². The van der Waals surface area contributed by atoms with Gasteiger partial charge in [0.2, 0.25) is 5.91 Å². The van der Waals surface area contributed by atoms with Crippen molar-refractivity contribution < 1.29 is 9.59 Å². The van der Waals surface area contributed by atoms with Gasteiger partial charge in [0.25, 0.3) is 11.5 Å². The lowest BCUT2D eigenvalue weighted by Gasteiger charge is -2.26. The lowest BCUT2D eigenvalue weighted by molar-refractivity contribution is -0.132. The summed E-state index contributed by atoms with van der Waals surface area (Å²) in [6, 6.07) is 7.54. The first-order chi connectivity index (χ1) is 14.5. The van der Waals surface area contributed by atoms with Crippen molar-refractivity contribution in [3.8, 4) is 0 Å². The molecular formula is C22H24N4O3S. The number of aromatic nitrogens is 2. The van der Waals surface area contributed by atoms with Gasteiger partial charge in [0.1, 0.15) is 11.4 Å². The van der Waals surface area contributed by atoms with Gasteiger partial charge < -0.3 is 10.2 Å². The molecule has 4 rings (SSSR count). The number of anilines is 1. The zero-order valence-electron chi connectivity index (χ0n) is 17.1. The van der Waals surface area contributed by atoms with E-state index in [2.05, 4.69) is 10.3 Å². The van der Waals surface area contributed by atoms with Gasteiger partial charge in [-0.1, -0.05) is 18.2 Å². The molecular weight excluding hydrogens is 400 g/mol. The molecule has 30 heavy (non-hydrogen) atoms. The summed E-state index contributed by atoms with van der Waals surface area (Å²) >= 11 is 1.20. The minimum absolute atomic E-state index is 0.0260. The number of nitrogens with one attached hydrogen (secondary N) is 1. The predicted molar refractivity (Wildman–Crippen MR) is 118 cm³/mol. The number of para-hydroxylation sites is 1. The summed E-state index contributed by atoms with van der Waals surface area (Å²) in [6.45, 7) is 5.13. The molecule has 1 N–H and O–H groups in total. The highest BCUT2D eigenvalue weighted by Crippen LogP contribution is 2.28. The van der Waals surface area contributed by atoms with Crippen molar-refractivity contribution in [3.63, 3.8) is 0 Å². The summed E-state index contributed by atoms with van der Waals surface area (Å²) < 4.78 is 1.35. The van der Waals surface area contributed by atoms with Crippen LogP contribution in [0.25, 0.3) is 10.2 Å². The Kier molecular flexibility index (Phi) is 5.67. The molecule has 3 aromatic rings. The Morgan fingerprint density at radius 2 is 1.87 bits per heavy atom. The lowest BCUT2D eigenvalue weighted by atomic mass is 10.1. The number of nitrogens with zero attached hydrogens (tertiary/aromatic N) is 3. The van der Waals surface area contributed by atoms with Gasteiger partial charge in [0.05, 0.1) is 16.6 Å². The molecule has 0 radical (unpaired) electrons. The van der Waals surface area contributed by atoms with E-state index < -0.39 is 0 Å². The van der Waals surface area contributed by atoms with Crippen LogP contribution in [0.2, 0.25) is 0 Å². The van der Waals surface area contributed by atoms with E-state index in [9.17, 15) is 14.4 Å². The molecule has 0 atom stereocenters. The van der Waals surface area contributed by atoms with Crippen molar-refractivity contribution in [2.75, 3.05) is 18.4 Å². The van der Waals surface area contributed by atoms with Crippen molar-refractivity contribution in [2.45, 2.75) is 39.7 Å². The number of thiophene rings is 1. The van der Waals surface area contributed by atoms with Gasteiger partial charge >= 0.3 is 0 Å². The molecule has 2 amide bonds. The SMILES string of the molecule is Cc1ccccc1NC(=O)c1sc2ncn(CC(=O)N3CCCCC3)c(=O)c2c1C. The smallest absolute Gasteiger partial charge is 0.266 e. The van der Waals surface area contributed by atoms with Crippen LogP contribution >= 0.6 is 11.3 Å². The number of hydrogen-bond acceptors (Lipinski definition) is 5. The molecule has 3 heterocycles. The second kappa shape index (κ2) is 8.39. The zero-order valence-corrected chi connectivity index (χ0v) is 17.9. The second-order valence-electron chi connectivity index (χ2n) is 7.62. The molecule has 0 saturated carbocycles. The molecule has 1 saturated heterocycles. The number of likely N-dealkylation sites (tertiary alicyclic amines) is 1. The minimum Gasteiger partial charge on any atom is -0.341 e. The van der Waals surface area contributed by atoms with E-state index in [1.54, 1.807) is 6.92 Å². The maximum absolute atomic E-state index is 13.0. The number of piperidine rings is 1. The Labute approximate surface area is 178 Å². The summed E-state index contributed by atoms with van der Waals surface area (Å²) in [5.41, 5.74) is 2.01. The van der Waals surface area contributed by atoms with Gasteiger partial charge in [-0.25, -0.2) is 4.98 Å². The molecule has 156 valence electrons. The average molecular weight is 425 g/mol. The second-order valence-corrected chi connectivity index (χ2v) is 8.62. The number of amides is 2. The van der Waals surface area contributed by atoms with Crippen molar-refractivity contribution in [1.29, 1.82) is 0 Å². The summed E-state index contributed by atoms with van der Waals surface area (Å²) in [5.74, 6) is -0.330. The van der Waals surface area contributed by atoms with E-state index in [-0.39, 0.29) is 23.9 Å². The van der Waals surface area contributed by atoms with Crippen molar-refractivity contribution in [3.05, 3.63) is 57.0 Å². The quantitative estimate of drug-likeness (QED) is 0.696. The van der Waals surface area contributed by atoms with Crippen molar-refractivity contribution in [2.24, 2.45) is 0 Å². The largest absolute Gasteiger partial charge is 0.341 e. The molecule has 1 aromatic carbocycles. The third kappa shape index (κ3) is 3.87. The monoisotopic (exact) mass is 424 g/mol. The topological polar surface area (TPSA) is 84.3 Å². The van der Waals surface area contributed by atoms with Gasteiger partial charge in [-0.2, -0.15) is 0 Å². The fraction of sp³-hybridized carbons (Fsp3) is 0.364. The molecule has 0 spiro atoms. The first-order valence-electron chi connectivity index (χ1n) is 10.1. The van der Waals surface area contributed by atoms with Crippen LogP contribution in [0, 0.1) is 13.8 Å². The van der Waals surface area contributed by atoms with Crippen LogP contribution in [0.3, 0.4) is 0 Å². The van der Waals surface area contributed by atoms with Crippen LogP contribution < -0.4 is 10.9 Å². The fourth-order valence-electron chi connectivity index (χ4n) is 3.77. The number of aryl methyl sites for hydroxylation is 2. The van der Waals surface area contributed by atoms with Crippen LogP contribution in [0.4, 0.5) is 5.69 Å². The van der Waals surface area contributed by atoms with Crippen LogP contribution in [-0.2, 0) is 11.3 Å². The normalized spacial score (nSPS) is 14.1. The molecule has 0 unspecified atom stereocenters. The van der Waals surface area contributed by atoms with E-state index in [4.69, 9.17) is 0 Å².